The highest BCUT2D eigenvalue weighted by Crippen LogP contribution is 2.20. The summed E-state index contributed by atoms with van der Waals surface area (Å²) in [4.78, 5) is 23.7. The summed E-state index contributed by atoms with van der Waals surface area (Å²) in [5.41, 5.74) is 2.69. The molecule has 0 saturated heterocycles. The minimum Gasteiger partial charge on any atom is -0.494 e. The van der Waals surface area contributed by atoms with Gasteiger partial charge in [-0.3, -0.25) is 9.89 Å². The minimum atomic E-state index is -1.11. The van der Waals surface area contributed by atoms with Crippen molar-refractivity contribution in [2.24, 2.45) is 0 Å². The second-order valence-electron chi connectivity index (χ2n) is 5.76. The number of carboxylic acids is 1. The van der Waals surface area contributed by atoms with Gasteiger partial charge in [0.25, 0.3) is 0 Å². The van der Waals surface area contributed by atoms with Gasteiger partial charge in [-0.2, -0.15) is 5.10 Å². The number of ether oxygens (including phenoxy) is 1. The van der Waals surface area contributed by atoms with Crippen molar-refractivity contribution in [3.63, 3.8) is 0 Å². The number of hydrogen-bond acceptors (Lipinski definition) is 4. The van der Waals surface area contributed by atoms with E-state index in [2.05, 4.69) is 15.5 Å². The lowest BCUT2D eigenvalue weighted by atomic mass is 10.0. The van der Waals surface area contributed by atoms with Gasteiger partial charge in [-0.05, 0) is 44.9 Å². The molecule has 0 radical (unpaired) electrons. The number of aryl methyl sites for hydroxylation is 3. The van der Waals surface area contributed by atoms with Crippen molar-refractivity contribution in [3.8, 4) is 5.75 Å². The predicted molar refractivity (Wildman–Crippen MR) is 92.5 cm³/mol. The third kappa shape index (κ3) is 4.82. The van der Waals surface area contributed by atoms with Crippen LogP contribution < -0.4 is 10.1 Å². The highest BCUT2D eigenvalue weighted by molar-refractivity contribution is 5.85. The Labute approximate surface area is 146 Å². The summed E-state index contributed by atoms with van der Waals surface area (Å²) in [7, 11) is 0. The van der Waals surface area contributed by atoms with Crippen molar-refractivity contribution < 1.29 is 19.4 Å². The highest BCUT2D eigenvalue weighted by atomic mass is 16.5. The average molecular weight is 345 g/mol. The second kappa shape index (κ2) is 8.32. The predicted octanol–water partition coefficient (Wildman–Crippen LogP) is 2.30. The smallest absolute Gasteiger partial charge is 0.331 e. The van der Waals surface area contributed by atoms with Crippen molar-refractivity contribution in [2.45, 2.75) is 39.7 Å². The Kier molecular flexibility index (Phi) is 6.16. The van der Waals surface area contributed by atoms with Crippen molar-refractivity contribution in [3.05, 3.63) is 46.8 Å². The minimum absolute atomic E-state index is 0.202. The first-order chi connectivity index (χ1) is 11.9. The summed E-state index contributed by atoms with van der Waals surface area (Å²) in [6.07, 6.45) is 0.724. The van der Waals surface area contributed by atoms with Gasteiger partial charge in [0.05, 0.1) is 12.3 Å². The molecule has 0 unspecified atom stereocenters. The Morgan fingerprint density at radius 1 is 1.28 bits per heavy atom. The second-order valence-corrected chi connectivity index (χ2v) is 5.76. The number of carbonyl (C=O) groups excluding carboxylic acids is 1. The Hall–Kier alpha value is -2.83. The fourth-order valence-electron chi connectivity index (χ4n) is 2.65. The number of aromatic amines is 1. The van der Waals surface area contributed by atoms with E-state index in [4.69, 9.17) is 4.74 Å². The number of hydrogen-bond donors (Lipinski definition) is 3. The molecule has 0 aliphatic carbocycles. The van der Waals surface area contributed by atoms with Gasteiger partial charge in [-0.25, -0.2) is 4.79 Å². The molecule has 1 aromatic heterocycles. The average Bonchev–Trinajstić information content (AvgIpc) is 2.91. The lowest BCUT2D eigenvalue weighted by Gasteiger charge is -2.15. The molecule has 2 rings (SSSR count). The first kappa shape index (κ1) is 18.5. The van der Waals surface area contributed by atoms with Crippen LogP contribution in [-0.2, 0) is 16.0 Å². The van der Waals surface area contributed by atoms with Crippen LogP contribution in [0.15, 0.2) is 24.3 Å². The molecule has 0 spiro atoms. The van der Waals surface area contributed by atoms with Crippen LogP contribution in [0, 0.1) is 13.8 Å². The molecule has 1 heterocycles. The zero-order valence-electron chi connectivity index (χ0n) is 14.6. The van der Waals surface area contributed by atoms with Gasteiger partial charge in [0, 0.05) is 17.7 Å². The van der Waals surface area contributed by atoms with E-state index in [1.807, 2.05) is 31.2 Å². The molecule has 1 amide bonds. The van der Waals surface area contributed by atoms with Gasteiger partial charge < -0.3 is 15.2 Å². The molecule has 2 aromatic rings. The van der Waals surface area contributed by atoms with Crippen LogP contribution in [0.4, 0.5) is 0 Å². The quantitative estimate of drug-likeness (QED) is 0.681. The van der Waals surface area contributed by atoms with Gasteiger partial charge in [0.2, 0.25) is 5.91 Å². The Balaban J connectivity index is 1.97. The molecule has 0 saturated carbocycles. The van der Waals surface area contributed by atoms with Crippen LogP contribution >= 0.6 is 0 Å². The van der Waals surface area contributed by atoms with Gasteiger partial charge in [-0.1, -0.05) is 12.1 Å². The van der Waals surface area contributed by atoms with Crippen LogP contribution in [0.25, 0.3) is 0 Å². The normalized spacial score (nSPS) is 11.8. The van der Waals surface area contributed by atoms with Gasteiger partial charge in [-0.15, -0.1) is 0 Å². The largest absolute Gasteiger partial charge is 0.494 e. The lowest BCUT2D eigenvalue weighted by Crippen LogP contribution is -2.34. The van der Waals surface area contributed by atoms with E-state index in [0.29, 0.717) is 30.0 Å². The van der Waals surface area contributed by atoms with Crippen molar-refractivity contribution >= 4 is 11.9 Å². The Bertz CT molecular complexity index is 718. The van der Waals surface area contributed by atoms with Gasteiger partial charge >= 0.3 is 5.97 Å². The zero-order chi connectivity index (χ0) is 18.4. The summed E-state index contributed by atoms with van der Waals surface area (Å²) < 4.78 is 5.38. The SMILES string of the molecule is CCOc1ccc(CCC(=O)N[C@@H](C(=O)O)c2c(C)n[nH]c2C)cc1. The van der Waals surface area contributed by atoms with E-state index in [1.54, 1.807) is 13.8 Å². The maximum atomic E-state index is 12.2. The molecule has 1 aromatic carbocycles. The van der Waals surface area contributed by atoms with E-state index in [0.717, 1.165) is 11.3 Å². The summed E-state index contributed by atoms with van der Waals surface area (Å²) in [5.74, 6) is -0.643. The van der Waals surface area contributed by atoms with Crippen LogP contribution in [0.1, 0.15) is 41.9 Å². The summed E-state index contributed by atoms with van der Waals surface area (Å²) in [5, 5.41) is 18.8. The number of H-pyrrole nitrogens is 1. The molecule has 134 valence electrons. The maximum Gasteiger partial charge on any atom is 0.331 e. The number of nitrogens with one attached hydrogen (secondary N) is 2. The first-order valence-electron chi connectivity index (χ1n) is 8.17. The number of aromatic nitrogens is 2. The Morgan fingerprint density at radius 3 is 2.48 bits per heavy atom. The number of rotatable bonds is 8. The van der Waals surface area contributed by atoms with Crippen LogP contribution in [-0.4, -0.2) is 33.8 Å². The number of benzene rings is 1. The highest BCUT2D eigenvalue weighted by Gasteiger charge is 2.27. The molecule has 0 aliphatic rings. The molecular formula is C18H23N3O4. The van der Waals surface area contributed by atoms with E-state index < -0.39 is 12.0 Å². The third-order valence-corrected chi connectivity index (χ3v) is 3.90. The van der Waals surface area contributed by atoms with Crippen LogP contribution in [0.2, 0.25) is 0 Å². The number of nitrogens with zero attached hydrogens (tertiary/aromatic N) is 1. The molecule has 7 heteroatoms. The number of aliphatic carboxylic acids is 1. The number of amides is 1. The standard InChI is InChI=1S/C18H23N3O4/c1-4-25-14-8-5-13(6-9-14)7-10-15(22)19-17(18(23)24)16-11(2)20-21-12(16)3/h5-6,8-9,17H,4,7,10H2,1-3H3,(H,19,22)(H,20,21)(H,23,24)/t17-/m1/s1. The van der Waals surface area contributed by atoms with E-state index >= 15 is 0 Å². The fraction of sp³-hybridized carbons (Fsp3) is 0.389. The van der Waals surface area contributed by atoms with Crippen molar-refractivity contribution in [1.82, 2.24) is 15.5 Å². The van der Waals surface area contributed by atoms with E-state index in [1.165, 1.54) is 0 Å². The van der Waals surface area contributed by atoms with Crippen molar-refractivity contribution in [1.29, 1.82) is 0 Å². The molecular weight excluding hydrogens is 322 g/mol. The zero-order valence-corrected chi connectivity index (χ0v) is 14.6. The molecule has 3 N–H and O–H groups in total. The van der Waals surface area contributed by atoms with Gasteiger partial charge in [0.15, 0.2) is 6.04 Å². The molecule has 25 heavy (non-hydrogen) atoms. The summed E-state index contributed by atoms with van der Waals surface area (Å²) in [6.45, 7) is 5.96. The first-order valence-corrected chi connectivity index (χ1v) is 8.17. The van der Waals surface area contributed by atoms with E-state index in [9.17, 15) is 14.7 Å². The monoisotopic (exact) mass is 345 g/mol. The van der Waals surface area contributed by atoms with Crippen LogP contribution in [0.3, 0.4) is 0 Å². The number of carbonyl (C=O) groups is 2. The molecule has 1 atom stereocenters. The maximum absolute atomic E-state index is 12.2. The molecule has 7 nitrogen and oxygen atoms in total. The summed E-state index contributed by atoms with van der Waals surface area (Å²) >= 11 is 0. The van der Waals surface area contributed by atoms with E-state index in [-0.39, 0.29) is 12.3 Å². The van der Waals surface area contributed by atoms with Crippen LogP contribution in [0.5, 0.6) is 5.75 Å². The summed E-state index contributed by atoms with van der Waals surface area (Å²) in [6, 6.07) is 6.41. The van der Waals surface area contributed by atoms with Gasteiger partial charge in [0.1, 0.15) is 5.75 Å². The third-order valence-electron chi connectivity index (χ3n) is 3.90. The molecule has 0 bridgehead atoms. The van der Waals surface area contributed by atoms with Crippen molar-refractivity contribution in [2.75, 3.05) is 6.61 Å². The fourth-order valence-corrected chi connectivity index (χ4v) is 2.65. The molecule has 0 aliphatic heterocycles. The Morgan fingerprint density at radius 2 is 1.96 bits per heavy atom. The lowest BCUT2D eigenvalue weighted by molar-refractivity contribution is -0.142. The molecule has 0 fully saturated rings. The topological polar surface area (TPSA) is 104 Å². The number of carboxylic acid groups (broad SMARTS) is 1.